The van der Waals surface area contributed by atoms with E-state index in [2.05, 4.69) is 20.3 Å². The maximum absolute atomic E-state index is 12.2. The highest BCUT2D eigenvalue weighted by molar-refractivity contribution is 6.05. The van der Waals surface area contributed by atoms with Gasteiger partial charge in [-0.05, 0) is 32.4 Å². The lowest BCUT2D eigenvalue weighted by Gasteiger charge is -2.17. The number of aromatic amines is 1. The molecule has 1 fully saturated rings. The second-order valence-electron chi connectivity index (χ2n) is 7.93. The largest absolute Gasteiger partial charge is 0.490 e. The van der Waals surface area contributed by atoms with Gasteiger partial charge in [-0.1, -0.05) is 0 Å². The Hall–Kier alpha value is -3.66. The molecule has 2 amide bonds. The molecule has 10 nitrogen and oxygen atoms in total. The van der Waals surface area contributed by atoms with Crippen molar-refractivity contribution >= 4 is 22.6 Å². The Bertz CT molecular complexity index is 1170. The van der Waals surface area contributed by atoms with Crippen LogP contribution in [-0.4, -0.2) is 50.6 Å². The van der Waals surface area contributed by atoms with Gasteiger partial charge >= 0.3 is 0 Å². The summed E-state index contributed by atoms with van der Waals surface area (Å²) in [5, 5.41) is 13.5. The number of rotatable bonds is 8. The van der Waals surface area contributed by atoms with Crippen LogP contribution in [0.5, 0.6) is 11.6 Å². The summed E-state index contributed by atoms with van der Waals surface area (Å²) in [6.45, 7) is 3.78. The number of aromatic nitrogens is 3. The first-order valence-corrected chi connectivity index (χ1v) is 10.4. The predicted octanol–water partition coefficient (Wildman–Crippen LogP) is 1.66. The van der Waals surface area contributed by atoms with E-state index in [1.807, 2.05) is 13.8 Å². The van der Waals surface area contributed by atoms with Crippen LogP contribution in [0.2, 0.25) is 0 Å². The molecule has 0 spiro atoms. The lowest BCUT2D eigenvalue weighted by Crippen LogP contribution is -2.31. The Morgan fingerprint density at radius 2 is 2.09 bits per heavy atom. The fraction of sp³-hybridized carbons (Fsp3) is 0.364. The Morgan fingerprint density at radius 1 is 1.28 bits per heavy atom. The number of amides is 2. The van der Waals surface area contributed by atoms with Gasteiger partial charge in [-0.3, -0.25) is 9.59 Å². The Morgan fingerprint density at radius 3 is 2.72 bits per heavy atom. The summed E-state index contributed by atoms with van der Waals surface area (Å²) >= 11 is 0. The molecule has 0 saturated carbocycles. The normalized spacial score (nSPS) is 15.9. The summed E-state index contributed by atoms with van der Waals surface area (Å²) in [5.41, 5.74) is 7.00. The average Bonchev–Trinajstić information content (AvgIpc) is 3.39. The number of H-pyrrole nitrogens is 1. The number of nitrogens with two attached hydrogens (primary N) is 1. The van der Waals surface area contributed by atoms with Gasteiger partial charge < -0.3 is 30.6 Å². The Kier molecular flexibility index (Phi) is 5.95. The summed E-state index contributed by atoms with van der Waals surface area (Å²) in [4.78, 5) is 35.4. The number of carbonyl (C=O) groups is 2. The monoisotopic (exact) mass is 439 g/mol. The van der Waals surface area contributed by atoms with Crippen molar-refractivity contribution in [2.24, 2.45) is 5.73 Å². The van der Waals surface area contributed by atoms with E-state index in [-0.39, 0.29) is 36.8 Å². The summed E-state index contributed by atoms with van der Waals surface area (Å²) in [5.74, 6) is 0.519. The van der Waals surface area contributed by atoms with Crippen molar-refractivity contribution in [2.75, 3.05) is 6.61 Å². The molecule has 4 rings (SSSR count). The van der Waals surface area contributed by atoms with Crippen molar-refractivity contribution < 1.29 is 24.2 Å². The Labute approximate surface area is 184 Å². The molecule has 1 unspecified atom stereocenters. The van der Waals surface area contributed by atoms with Gasteiger partial charge in [-0.25, -0.2) is 9.97 Å². The minimum absolute atomic E-state index is 0.00277. The van der Waals surface area contributed by atoms with E-state index in [0.717, 1.165) is 0 Å². The lowest BCUT2D eigenvalue weighted by molar-refractivity contribution is -0.119. The number of pyridine rings is 1. The zero-order chi connectivity index (χ0) is 22.8. The van der Waals surface area contributed by atoms with Crippen molar-refractivity contribution in [3.63, 3.8) is 0 Å². The molecule has 3 heterocycles. The zero-order valence-electron chi connectivity index (χ0n) is 17.8. The number of hydrogen-bond acceptors (Lipinski definition) is 7. The van der Waals surface area contributed by atoms with E-state index >= 15 is 0 Å². The number of nitrogens with one attached hydrogen (secondary N) is 2. The van der Waals surface area contributed by atoms with E-state index in [0.29, 0.717) is 52.3 Å². The highest BCUT2D eigenvalue weighted by Crippen LogP contribution is 2.36. The van der Waals surface area contributed by atoms with E-state index in [9.17, 15) is 14.7 Å². The molecule has 0 bridgehead atoms. The van der Waals surface area contributed by atoms with Gasteiger partial charge in [-0.15, -0.1) is 0 Å². The number of ether oxygens (including phenoxy) is 2. The van der Waals surface area contributed by atoms with Crippen LogP contribution in [0.25, 0.3) is 22.2 Å². The van der Waals surface area contributed by atoms with Gasteiger partial charge in [0.25, 0.3) is 5.91 Å². The standard InChI is InChI=1S/C22H25N5O5/c1-11(2)32-18-6-15-14(5-16(18)20(23)30)17(21-24-7-13(9-28)27-21)8-25-22(15)31-10-12-3-4-19(29)26-12/h5-8,11-12,28H,3-4,9-10H2,1-2H3,(H2,23,30)(H,24,27)(H,26,29). The highest BCUT2D eigenvalue weighted by Gasteiger charge is 2.23. The van der Waals surface area contributed by atoms with Crippen LogP contribution >= 0.6 is 0 Å². The third-order valence-electron chi connectivity index (χ3n) is 5.14. The molecule has 5 N–H and O–H groups in total. The summed E-state index contributed by atoms with van der Waals surface area (Å²) in [7, 11) is 0. The minimum Gasteiger partial charge on any atom is -0.490 e. The molecule has 0 aliphatic carbocycles. The Balaban J connectivity index is 1.83. The summed E-state index contributed by atoms with van der Waals surface area (Å²) < 4.78 is 11.8. The molecular weight excluding hydrogens is 414 g/mol. The molecule has 1 atom stereocenters. The number of aliphatic hydroxyl groups excluding tert-OH is 1. The van der Waals surface area contributed by atoms with Gasteiger partial charge in [0.05, 0.1) is 36.2 Å². The van der Waals surface area contributed by atoms with Crippen LogP contribution < -0.4 is 20.5 Å². The molecule has 168 valence electrons. The first-order chi connectivity index (χ1) is 15.4. The fourth-order valence-corrected chi connectivity index (χ4v) is 3.65. The first kappa shape index (κ1) is 21.6. The highest BCUT2D eigenvalue weighted by atomic mass is 16.5. The number of aliphatic hydroxyl groups is 1. The number of primary amides is 1. The van der Waals surface area contributed by atoms with Gasteiger partial charge in [0.15, 0.2) is 0 Å². The second kappa shape index (κ2) is 8.83. The number of imidazole rings is 1. The van der Waals surface area contributed by atoms with E-state index in [4.69, 9.17) is 15.2 Å². The van der Waals surface area contributed by atoms with Crippen LogP contribution in [0.4, 0.5) is 0 Å². The maximum atomic E-state index is 12.2. The summed E-state index contributed by atoms with van der Waals surface area (Å²) in [6, 6.07) is 3.23. The minimum atomic E-state index is -0.628. The second-order valence-corrected chi connectivity index (χ2v) is 7.93. The molecule has 10 heteroatoms. The molecular formula is C22H25N5O5. The number of nitrogens with zero attached hydrogens (tertiary/aromatic N) is 2. The zero-order valence-corrected chi connectivity index (χ0v) is 17.8. The van der Waals surface area contributed by atoms with Crippen molar-refractivity contribution in [3.8, 4) is 23.0 Å². The predicted molar refractivity (Wildman–Crippen MR) is 116 cm³/mol. The lowest BCUT2D eigenvalue weighted by atomic mass is 10.0. The van der Waals surface area contributed by atoms with Crippen molar-refractivity contribution in [3.05, 3.63) is 35.8 Å². The van der Waals surface area contributed by atoms with Crippen LogP contribution in [0, 0.1) is 0 Å². The number of benzene rings is 1. The van der Waals surface area contributed by atoms with Crippen molar-refractivity contribution in [2.45, 2.75) is 45.4 Å². The molecule has 32 heavy (non-hydrogen) atoms. The molecule has 2 aromatic heterocycles. The average molecular weight is 439 g/mol. The van der Waals surface area contributed by atoms with Gasteiger partial charge in [0, 0.05) is 29.0 Å². The number of carbonyl (C=O) groups excluding carboxylic acids is 2. The molecule has 3 aromatic rings. The van der Waals surface area contributed by atoms with Gasteiger partial charge in [-0.2, -0.15) is 0 Å². The fourth-order valence-electron chi connectivity index (χ4n) is 3.65. The molecule has 1 saturated heterocycles. The third-order valence-corrected chi connectivity index (χ3v) is 5.14. The van der Waals surface area contributed by atoms with Gasteiger partial charge in [0.2, 0.25) is 11.8 Å². The van der Waals surface area contributed by atoms with Crippen LogP contribution in [0.3, 0.4) is 0 Å². The van der Waals surface area contributed by atoms with Crippen LogP contribution in [0.15, 0.2) is 24.5 Å². The molecule has 1 aromatic carbocycles. The van der Waals surface area contributed by atoms with E-state index in [1.165, 1.54) is 6.20 Å². The molecule has 1 aliphatic rings. The van der Waals surface area contributed by atoms with E-state index < -0.39 is 5.91 Å². The smallest absolute Gasteiger partial charge is 0.252 e. The number of hydrogen-bond donors (Lipinski definition) is 4. The first-order valence-electron chi connectivity index (χ1n) is 10.4. The van der Waals surface area contributed by atoms with Crippen molar-refractivity contribution in [1.29, 1.82) is 0 Å². The summed E-state index contributed by atoms with van der Waals surface area (Å²) in [6.07, 6.45) is 4.09. The maximum Gasteiger partial charge on any atom is 0.252 e. The van der Waals surface area contributed by atoms with Gasteiger partial charge in [0.1, 0.15) is 18.2 Å². The van der Waals surface area contributed by atoms with E-state index in [1.54, 1.807) is 18.3 Å². The molecule has 1 aliphatic heterocycles. The number of fused-ring (bicyclic) bond motifs is 1. The molecule has 0 radical (unpaired) electrons. The van der Waals surface area contributed by atoms with Crippen LogP contribution in [-0.2, 0) is 11.4 Å². The third kappa shape index (κ3) is 4.35. The quantitative estimate of drug-likeness (QED) is 0.416. The topological polar surface area (TPSA) is 152 Å². The van der Waals surface area contributed by atoms with Crippen molar-refractivity contribution in [1.82, 2.24) is 20.3 Å². The van der Waals surface area contributed by atoms with Crippen LogP contribution in [0.1, 0.15) is 42.7 Å². The SMILES string of the molecule is CC(C)Oc1cc2c(OCC3CCC(=O)N3)ncc(-c3ncc(CO)[nH]3)c2cc1C(N)=O.